The topological polar surface area (TPSA) is 17.1 Å². The molecular formula is C20H15O+. The Morgan fingerprint density at radius 1 is 0.571 bits per heavy atom. The van der Waals surface area contributed by atoms with Crippen molar-refractivity contribution in [1.29, 1.82) is 0 Å². The van der Waals surface area contributed by atoms with Crippen molar-refractivity contribution in [2.24, 2.45) is 0 Å². The lowest BCUT2D eigenvalue weighted by Crippen LogP contribution is -2.15. The number of carbonyl (C=O) groups excluding carboxylic acids is 1. The molecule has 0 unspecified atom stereocenters. The van der Waals surface area contributed by atoms with Gasteiger partial charge in [0, 0.05) is 0 Å². The molecule has 3 rings (SSSR count). The number of rotatable bonds is 4. The standard InChI is InChI=1S/C20H15O/c21-20(18-14-8-3-9-15-18)19(16-10-4-1-5-11-16)17-12-6-2-7-13-17/h1-15H/q+1. The average molecular weight is 271 g/mol. The highest BCUT2D eigenvalue weighted by molar-refractivity contribution is 6.11. The second kappa shape index (κ2) is 6.10. The highest BCUT2D eigenvalue weighted by Crippen LogP contribution is 2.27. The van der Waals surface area contributed by atoms with Crippen LogP contribution in [0.15, 0.2) is 91.0 Å². The molecule has 3 aromatic carbocycles. The summed E-state index contributed by atoms with van der Waals surface area (Å²) in [5.74, 6) is 0.787. The van der Waals surface area contributed by atoms with Crippen LogP contribution in [0, 0.1) is 5.92 Å². The molecule has 0 N–H and O–H groups in total. The van der Waals surface area contributed by atoms with Gasteiger partial charge in [-0.2, -0.15) is 0 Å². The molecule has 0 saturated heterocycles. The van der Waals surface area contributed by atoms with Gasteiger partial charge in [-0.3, -0.25) is 4.79 Å². The first-order chi connectivity index (χ1) is 10.4. The predicted molar refractivity (Wildman–Crippen MR) is 85.1 cm³/mol. The van der Waals surface area contributed by atoms with E-state index in [0.29, 0.717) is 5.56 Å². The maximum absolute atomic E-state index is 12.9. The summed E-state index contributed by atoms with van der Waals surface area (Å²) in [5, 5.41) is 0. The number of hydrogen-bond acceptors (Lipinski definition) is 1. The highest BCUT2D eigenvalue weighted by Gasteiger charge is 2.29. The Hall–Kier alpha value is -2.80. The molecule has 100 valence electrons. The minimum absolute atomic E-state index is 0.0491. The van der Waals surface area contributed by atoms with Crippen LogP contribution in [-0.4, -0.2) is 5.78 Å². The van der Waals surface area contributed by atoms with E-state index in [1.165, 1.54) is 0 Å². The zero-order valence-electron chi connectivity index (χ0n) is 11.6. The molecule has 0 aromatic heterocycles. The number of hydrogen-bond donors (Lipinski definition) is 0. The second-order valence-corrected chi connectivity index (χ2v) is 4.80. The van der Waals surface area contributed by atoms with E-state index in [9.17, 15) is 4.79 Å². The summed E-state index contributed by atoms with van der Waals surface area (Å²) < 4.78 is 0. The number of ketones is 1. The summed E-state index contributed by atoms with van der Waals surface area (Å²) in [4.78, 5) is 12.9. The number of carbonyl (C=O) groups is 1. The average Bonchev–Trinajstić information content (AvgIpc) is 2.58. The molecule has 0 spiro atoms. The molecule has 1 heteroatoms. The molecule has 0 aliphatic rings. The van der Waals surface area contributed by atoms with Gasteiger partial charge in [0.1, 0.15) is 5.92 Å². The number of Topliss-reactive ketones (excluding diaryl/α,β-unsaturated/α-hetero) is 1. The molecule has 0 atom stereocenters. The maximum Gasteiger partial charge on any atom is 0.248 e. The van der Waals surface area contributed by atoms with Crippen molar-refractivity contribution in [3.63, 3.8) is 0 Å². The number of benzene rings is 3. The Morgan fingerprint density at radius 2 is 0.952 bits per heavy atom. The predicted octanol–water partition coefficient (Wildman–Crippen LogP) is 4.54. The van der Waals surface area contributed by atoms with Crippen LogP contribution in [-0.2, 0) is 0 Å². The van der Waals surface area contributed by atoms with Gasteiger partial charge < -0.3 is 0 Å². The van der Waals surface area contributed by atoms with Gasteiger partial charge in [-0.1, -0.05) is 18.2 Å². The Bertz CT molecular complexity index is 663. The third-order valence-corrected chi connectivity index (χ3v) is 3.39. The van der Waals surface area contributed by atoms with Crippen molar-refractivity contribution in [3.8, 4) is 0 Å². The lowest BCUT2D eigenvalue weighted by atomic mass is 9.85. The van der Waals surface area contributed by atoms with E-state index in [2.05, 4.69) is 0 Å². The van der Waals surface area contributed by atoms with Crippen molar-refractivity contribution < 1.29 is 4.79 Å². The maximum atomic E-state index is 12.9. The molecule has 0 fully saturated rings. The Labute approximate surface area is 124 Å². The van der Waals surface area contributed by atoms with Crippen LogP contribution >= 0.6 is 0 Å². The molecule has 0 aliphatic heterocycles. The third-order valence-electron chi connectivity index (χ3n) is 3.39. The smallest absolute Gasteiger partial charge is 0.248 e. The van der Waals surface area contributed by atoms with Gasteiger partial charge in [0.15, 0.2) is 0 Å². The van der Waals surface area contributed by atoms with E-state index in [1.54, 1.807) is 0 Å². The van der Waals surface area contributed by atoms with Crippen LogP contribution in [0.25, 0.3) is 0 Å². The van der Waals surface area contributed by atoms with Crippen LogP contribution in [0.4, 0.5) is 0 Å². The molecule has 0 heterocycles. The van der Waals surface area contributed by atoms with E-state index in [1.807, 2.05) is 91.0 Å². The van der Waals surface area contributed by atoms with E-state index in [0.717, 1.165) is 17.0 Å². The van der Waals surface area contributed by atoms with Crippen LogP contribution in [0.5, 0.6) is 0 Å². The summed E-state index contributed by atoms with van der Waals surface area (Å²) in [6.45, 7) is 0. The molecule has 21 heavy (non-hydrogen) atoms. The zero-order chi connectivity index (χ0) is 14.5. The quantitative estimate of drug-likeness (QED) is 0.503. The highest BCUT2D eigenvalue weighted by atomic mass is 16.1. The summed E-state index contributed by atoms with van der Waals surface area (Å²) >= 11 is 0. The molecule has 3 aromatic rings. The van der Waals surface area contributed by atoms with Crippen LogP contribution in [0.3, 0.4) is 0 Å². The van der Waals surface area contributed by atoms with Gasteiger partial charge in [0.2, 0.25) is 5.78 Å². The third kappa shape index (κ3) is 2.87. The Kier molecular flexibility index (Phi) is 3.83. The van der Waals surface area contributed by atoms with Crippen LogP contribution < -0.4 is 0 Å². The molecule has 0 radical (unpaired) electrons. The monoisotopic (exact) mass is 271 g/mol. The molecule has 0 amide bonds. The summed E-state index contributed by atoms with van der Waals surface area (Å²) in [6, 6.07) is 29.0. The fourth-order valence-electron chi connectivity index (χ4n) is 2.37. The fraction of sp³-hybridized carbons (Fsp3) is 0. The van der Waals surface area contributed by atoms with Gasteiger partial charge in [-0.25, -0.2) is 0 Å². The molecular weight excluding hydrogens is 256 g/mol. The van der Waals surface area contributed by atoms with Crippen molar-refractivity contribution in [1.82, 2.24) is 0 Å². The van der Waals surface area contributed by atoms with Crippen molar-refractivity contribution in [2.75, 3.05) is 0 Å². The molecule has 1 nitrogen and oxygen atoms in total. The van der Waals surface area contributed by atoms with Gasteiger partial charge >= 0.3 is 0 Å². The Morgan fingerprint density at radius 3 is 1.38 bits per heavy atom. The fourth-order valence-corrected chi connectivity index (χ4v) is 2.37. The van der Waals surface area contributed by atoms with E-state index < -0.39 is 0 Å². The molecule has 0 aliphatic carbocycles. The first-order valence-corrected chi connectivity index (χ1v) is 6.94. The van der Waals surface area contributed by atoms with Gasteiger partial charge in [-0.15, -0.1) is 0 Å². The van der Waals surface area contributed by atoms with E-state index in [-0.39, 0.29) is 5.78 Å². The van der Waals surface area contributed by atoms with Crippen LogP contribution in [0.2, 0.25) is 0 Å². The molecule has 0 bridgehead atoms. The van der Waals surface area contributed by atoms with Gasteiger partial charge in [-0.05, 0) is 72.8 Å². The van der Waals surface area contributed by atoms with E-state index in [4.69, 9.17) is 0 Å². The van der Waals surface area contributed by atoms with Crippen molar-refractivity contribution >= 4 is 5.78 Å². The van der Waals surface area contributed by atoms with Gasteiger partial charge in [0.05, 0.1) is 16.7 Å². The lowest BCUT2D eigenvalue weighted by molar-refractivity contribution is 0.102. The minimum atomic E-state index is 0.0491. The lowest BCUT2D eigenvalue weighted by Gasteiger charge is -2.11. The largest absolute Gasteiger partial charge is 0.273 e. The normalized spacial score (nSPS) is 10.1. The van der Waals surface area contributed by atoms with Crippen LogP contribution in [0.1, 0.15) is 21.5 Å². The van der Waals surface area contributed by atoms with Gasteiger partial charge in [0.25, 0.3) is 0 Å². The summed E-state index contributed by atoms with van der Waals surface area (Å²) in [7, 11) is 0. The SMILES string of the molecule is O=C(c1ccccc1)[C+](c1ccccc1)c1ccccc1. The summed E-state index contributed by atoms with van der Waals surface area (Å²) in [5.41, 5.74) is 2.59. The summed E-state index contributed by atoms with van der Waals surface area (Å²) in [6.07, 6.45) is 0. The molecule has 0 saturated carbocycles. The second-order valence-electron chi connectivity index (χ2n) is 4.80. The first kappa shape index (κ1) is 13.2. The first-order valence-electron chi connectivity index (χ1n) is 6.94. The Balaban J connectivity index is 2.07. The van der Waals surface area contributed by atoms with Crippen molar-refractivity contribution in [2.45, 2.75) is 0 Å². The zero-order valence-corrected chi connectivity index (χ0v) is 11.6. The van der Waals surface area contributed by atoms with E-state index >= 15 is 0 Å². The minimum Gasteiger partial charge on any atom is -0.273 e. The van der Waals surface area contributed by atoms with Crippen molar-refractivity contribution in [3.05, 3.63) is 114 Å².